The number of carbonyl (C=O) groups is 1. The van der Waals surface area contributed by atoms with Crippen LogP contribution in [-0.2, 0) is 4.79 Å². The van der Waals surface area contributed by atoms with Crippen molar-refractivity contribution >= 4 is 28.1 Å². The Labute approximate surface area is 136 Å². The molecule has 0 aromatic heterocycles. The number of methoxy groups -OCH3 is 1. The zero-order chi connectivity index (χ0) is 15.9. The zero-order valence-electron chi connectivity index (χ0n) is 11.9. The van der Waals surface area contributed by atoms with Crippen molar-refractivity contribution in [2.45, 2.75) is 6.10 Å². The van der Waals surface area contributed by atoms with Crippen LogP contribution in [0.25, 0.3) is 0 Å². The lowest BCUT2D eigenvalue weighted by atomic mass is 10.1. The monoisotopic (exact) mass is 362 g/mol. The number of nitrogens with zero attached hydrogens (tertiary/aromatic N) is 1. The van der Waals surface area contributed by atoms with Crippen molar-refractivity contribution in [1.82, 2.24) is 5.43 Å². The molecule has 114 valence electrons. The number of carbonyl (C=O) groups excluding carboxylic acids is 1. The van der Waals surface area contributed by atoms with E-state index in [1.165, 1.54) is 6.21 Å². The average molecular weight is 363 g/mol. The zero-order valence-corrected chi connectivity index (χ0v) is 13.4. The van der Waals surface area contributed by atoms with E-state index < -0.39 is 12.0 Å². The summed E-state index contributed by atoms with van der Waals surface area (Å²) >= 11 is 3.37. The molecular weight excluding hydrogens is 348 g/mol. The Morgan fingerprint density at radius 2 is 2.05 bits per heavy atom. The summed E-state index contributed by atoms with van der Waals surface area (Å²) in [5.41, 5.74) is 3.61. The van der Waals surface area contributed by atoms with Crippen LogP contribution in [0.15, 0.2) is 58.1 Å². The third kappa shape index (κ3) is 4.16. The standard InChI is InChI=1S/C16H15BrN2O3/c1-22-14-8-7-11(9-13(14)17)10-18-19-16(21)15(20)12-5-3-2-4-6-12/h2-10,15,20H,1H3,(H,19,21)/b18-10+. The molecule has 0 bridgehead atoms. The Hall–Kier alpha value is -2.18. The van der Waals surface area contributed by atoms with E-state index in [1.807, 2.05) is 12.1 Å². The fraction of sp³-hybridized carbons (Fsp3) is 0.125. The molecule has 0 aliphatic carbocycles. The van der Waals surface area contributed by atoms with Gasteiger partial charge in [0.05, 0.1) is 17.8 Å². The molecule has 0 aliphatic rings. The van der Waals surface area contributed by atoms with Gasteiger partial charge < -0.3 is 9.84 Å². The minimum absolute atomic E-state index is 0.516. The quantitative estimate of drug-likeness (QED) is 0.634. The Morgan fingerprint density at radius 1 is 1.32 bits per heavy atom. The molecular formula is C16H15BrN2O3. The highest BCUT2D eigenvalue weighted by atomic mass is 79.9. The molecule has 0 fully saturated rings. The summed E-state index contributed by atoms with van der Waals surface area (Å²) < 4.78 is 5.92. The molecule has 1 unspecified atom stereocenters. The van der Waals surface area contributed by atoms with Crippen molar-refractivity contribution in [2.24, 2.45) is 5.10 Å². The number of aliphatic hydroxyl groups excluding tert-OH is 1. The summed E-state index contributed by atoms with van der Waals surface area (Å²) in [4.78, 5) is 11.8. The number of hydrogen-bond acceptors (Lipinski definition) is 4. The SMILES string of the molecule is COc1ccc(/C=N/NC(=O)C(O)c2ccccc2)cc1Br. The van der Waals surface area contributed by atoms with Gasteiger partial charge in [-0.05, 0) is 45.3 Å². The lowest BCUT2D eigenvalue weighted by molar-refractivity contribution is -0.129. The molecule has 0 radical (unpaired) electrons. The summed E-state index contributed by atoms with van der Waals surface area (Å²) in [7, 11) is 1.58. The average Bonchev–Trinajstić information content (AvgIpc) is 2.55. The summed E-state index contributed by atoms with van der Waals surface area (Å²) in [5.74, 6) is 0.121. The third-order valence-electron chi connectivity index (χ3n) is 2.93. The fourth-order valence-corrected chi connectivity index (χ4v) is 2.34. The van der Waals surface area contributed by atoms with Gasteiger partial charge in [-0.1, -0.05) is 30.3 Å². The highest BCUT2D eigenvalue weighted by Gasteiger charge is 2.15. The smallest absolute Gasteiger partial charge is 0.273 e. The van der Waals surface area contributed by atoms with Gasteiger partial charge in [0, 0.05) is 0 Å². The number of hydrogen-bond donors (Lipinski definition) is 2. The molecule has 1 amide bonds. The topological polar surface area (TPSA) is 70.9 Å². The van der Waals surface area contributed by atoms with E-state index in [0.29, 0.717) is 11.3 Å². The summed E-state index contributed by atoms with van der Waals surface area (Å²) in [6, 6.07) is 14.1. The second kappa shape index (κ2) is 7.72. The van der Waals surface area contributed by atoms with E-state index >= 15 is 0 Å². The van der Waals surface area contributed by atoms with Gasteiger partial charge in [-0.25, -0.2) is 5.43 Å². The largest absolute Gasteiger partial charge is 0.496 e. The van der Waals surface area contributed by atoms with Gasteiger partial charge in [0.2, 0.25) is 0 Å². The normalized spacial score (nSPS) is 12.1. The van der Waals surface area contributed by atoms with Crippen LogP contribution in [0.2, 0.25) is 0 Å². The van der Waals surface area contributed by atoms with Crippen LogP contribution < -0.4 is 10.2 Å². The summed E-state index contributed by atoms with van der Waals surface area (Å²) in [6.07, 6.45) is 0.237. The maximum atomic E-state index is 11.8. The Morgan fingerprint density at radius 3 is 2.68 bits per heavy atom. The number of halogens is 1. The molecule has 0 saturated heterocycles. The van der Waals surface area contributed by atoms with E-state index in [-0.39, 0.29) is 0 Å². The van der Waals surface area contributed by atoms with Gasteiger partial charge in [-0.15, -0.1) is 0 Å². The second-order valence-corrected chi connectivity index (χ2v) is 5.30. The predicted molar refractivity (Wildman–Crippen MR) is 87.8 cm³/mol. The van der Waals surface area contributed by atoms with Crippen LogP contribution in [0.3, 0.4) is 0 Å². The van der Waals surface area contributed by atoms with Gasteiger partial charge in [-0.3, -0.25) is 4.79 Å². The highest BCUT2D eigenvalue weighted by Crippen LogP contribution is 2.24. The molecule has 0 spiro atoms. The van der Waals surface area contributed by atoms with E-state index in [2.05, 4.69) is 26.5 Å². The fourth-order valence-electron chi connectivity index (χ4n) is 1.78. The molecule has 2 rings (SSSR count). The molecule has 5 nitrogen and oxygen atoms in total. The van der Waals surface area contributed by atoms with E-state index in [1.54, 1.807) is 43.5 Å². The summed E-state index contributed by atoms with van der Waals surface area (Å²) in [6.45, 7) is 0. The maximum absolute atomic E-state index is 11.8. The minimum atomic E-state index is -1.25. The first kappa shape index (κ1) is 16.2. The minimum Gasteiger partial charge on any atom is -0.496 e. The van der Waals surface area contributed by atoms with Gasteiger partial charge >= 0.3 is 0 Å². The Balaban J connectivity index is 1.97. The van der Waals surface area contributed by atoms with Crippen molar-refractivity contribution in [2.75, 3.05) is 7.11 Å². The van der Waals surface area contributed by atoms with E-state index in [0.717, 1.165) is 10.0 Å². The third-order valence-corrected chi connectivity index (χ3v) is 3.55. The first-order chi connectivity index (χ1) is 10.6. The number of benzene rings is 2. The number of hydrazone groups is 1. The van der Waals surface area contributed by atoms with Gasteiger partial charge in [0.25, 0.3) is 5.91 Å². The van der Waals surface area contributed by atoms with Crippen LogP contribution in [0.5, 0.6) is 5.75 Å². The molecule has 0 aliphatic heterocycles. The number of ether oxygens (including phenoxy) is 1. The molecule has 1 atom stereocenters. The van der Waals surface area contributed by atoms with Crippen LogP contribution in [-0.4, -0.2) is 24.3 Å². The maximum Gasteiger partial charge on any atom is 0.273 e. The molecule has 2 aromatic carbocycles. The van der Waals surface area contributed by atoms with Gasteiger partial charge in [-0.2, -0.15) is 5.10 Å². The molecule has 0 saturated carbocycles. The van der Waals surface area contributed by atoms with Crippen LogP contribution >= 0.6 is 15.9 Å². The molecule has 6 heteroatoms. The van der Waals surface area contributed by atoms with Gasteiger partial charge in [0.1, 0.15) is 5.75 Å². The lowest BCUT2D eigenvalue weighted by Gasteiger charge is -2.08. The van der Waals surface area contributed by atoms with Crippen molar-refractivity contribution in [3.8, 4) is 5.75 Å². The van der Waals surface area contributed by atoms with Crippen molar-refractivity contribution in [3.05, 3.63) is 64.1 Å². The summed E-state index contributed by atoms with van der Waals surface area (Å²) in [5, 5.41) is 13.7. The Bertz CT molecular complexity index is 674. The van der Waals surface area contributed by atoms with E-state index in [9.17, 15) is 9.90 Å². The Kier molecular flexibility index (Phi) is 5.68. The van der Waals surface area contributed by atoms with Gasteiger partial charge in [0.15, 0.2) is 6.10 Å². The number of rotatable bonds is 5. The number of nitrogens with one attached hydrogen (secondary N) is 1. The molecule has 0 heterocycles. The highest BCUT2D eigenvalue weighted by molar-refractivity contribution is 9.10. The first-order valence-corrected chi connectivity index (χ1v) is 7.30. The predicted octanol–water partition coefficient (Wildman–Crippen LogP) is 2.64. The molecule has 22 heavy (non-hydrogen) atoms. The number of aliphatic hydroxyl groups is 1. The van der Waals surface area contributed by atoms with Crippen molar-refractivity contribution in [1.29, 1.82) is 0 Å². The lowest BCUT2D eigenvalue weighted by Crippen LogP contribution is -2.25. The van der Waals surface area contributed by atoms with E-state index in [4.69, 9.17) is 4.74 Å². The molecule has 2 aromatic rings. The van der Waals surface area contributed by atoms with Crippen LogP contribution in [0.1, 0.15) is 17.2 Å². The van der Waals surface area contributed by atoms with Crippen LogP contribution in [0.4, 0.5) is 0 Å². The first-order valence-electron chi connectivity index (χ1n) is 6.51. The second-order valence-electron chi connectivity index (χ2n) is 4.44. The van der Waals surface area contributed by atoms with Crippen molar-refractivity contribution in [3.63, 3.8) is 0 Å². The van der Waals surface area contributed by atoms with Crippen LogP contribution in [0, 0.1) is 0 Å². The van der Waals surface area contributed by atoms with Crippen molar-refractivity contribution < 1.29 is 14.6 Å². The number of amides is 1. The molecule has 2 N–H and O–H groups in total.